The van der Waals surface area contributed by atoms with Gasteiger partial charge in [0, 0.05) is 23.0 Å². The fourth-order valence-corrected chi connectivity index (χ4v) is 2.09. The van der Waals surface area contributed by atoms with Gasteiger partial charge in [-0.15, -0.1) is 0 Å². The van der Waals surface area contributed by atoms with E-state index in [1.165, 1.54) is 0 Å². The summed E-state index contributed by atoms with van der Waals surface area (Å²) in [6.45, 7) is 4.09. The topological polar surface area (TPSA) is 44.9 Å². The fraction of sp³-hybridized carbons (Fsp3) is 0.357. The Hall–Kier alpha value is -1.77. The van der Waals surface area contributed by atoms with Gasteiger partial charge in [-0.25, -0.2) is 0 Å². The van der Waals surface area contributed by atoms with Gasteiger partial charge in [0.25, 0.3) is 0 Å². The van der Waals surface area contributed by atoms with Gasteiger partial charge < -0.3 is 10.3 Å². The normalized spacial score (nSPS) is 11.0. The molecule has 0 fully saturated rings. The summed E-state index contributed by atoms with van der Waals surface area (Å²) in [5.41, 5.74) is 1.94. The van der Waals surface area contributed by atoms with Crippen LogP contribution in [0.2, 0.25) is 0 Å². The van der Waals surface area contributed by atoms with Crippen LogP contribution in [0, 0.1) is 5.92 Å². The number of hydrogen-bond acceptors (Lipinski definition) is 1. The molecule has 3 nitrogen and oxygen atoms in total. The number of H-pyrrole nitrogens is 1. The number of hydrogen-bond donors (Lipinski definition) is 2. The lowest BCUT2D eigenvalue weighted by Crippen LogP contribution is -2.21. The highest BCUT2D eigenvalue weighted by atomic mass is 16.1. The highest BCUT2D eigenvalue weighted by molar-refractivity contribution is 6.01. The highest BCUT2D eigenvalue weighted by Crippen LogP contribution is 2.23. The van der Waals surface area contributed by atoms with E-state index in [-0.39, 0.29) is 11.8 Å². The number of carbonyl (C=O) groups excluding carboxylic acids is 1. The van der Waals surface area contributed by atoms with Crippen molar-refractivity contribution in [2.75, 3.05) is 5.32 Å². The smallest absolute Gasteiger partial charge is 0.227 e. The fourth-order valence-electron chi connectivity index (χ4n) is 2.09. The molecule has 0 radical (unpaired) electrons. The van der Waals surface area contributed by atoms with Crippen LogP contribution in [0.1, 0.15) is 26.7 Å². The second-order valence-corrected chi connectivity index (χ2v) is 4.25. The number of aromatic nitrogens is 1. The van der Waals surface area contributed by atoms with Crippen LogP contribution in [0.4, 0.5) is 5.69 Å². The van der Waals surface area contributed by atoms with E-state index >= 15 is 0 Å². The average Bonchev–Trinajstić information content (AvgIpc) is 2.80. The Morgan fingerprint density at radius 2 is 2.06 bits per heavy atom. The van der Waals surface area contributed by atoms with E-state index in [0.29, 0.717) is 0 Å². The summed E-state index contributed by atoms with van der Waals surface area (Å²) in [5, 5.41) is 4.08. The Kier molecular flexibility index (Phi) is 3.47. The van der Waals surface area contributed by atoms with Gasteiger partial charge in [-0.3, -0.25) is 4.79 Å². The van der Waals surface area contributed by atoms with Gasteiger partial charge in [0.15, 0.2) is 0 Å². The number of anilines is 1. The zero-order valence-corrected chi connectivity index (χ0v) is 10.3. The Labute approximate surface area is 101 Å². The van der Waals surface area contributed by atoms with Crippen LogP contribution >= 0.6 is 0 Å². The quantitative estimate of drug-likeness (QED) is 0.829. The first kappa shape index (κ1) is 11.7. The lowest BCUT2D eigenvalue weighted by molar-refractivity contribution is -0.120. The lowest BCUT2D eigenvalue weighted by Gasteiger charge is -2.13. The molecule has 0 spiro atoms. The molecule has 2 aromatic rings. The molecule has 1 heterocycles. The van der Waals surface area contributed by atoms with Crippen LogP contribution in [0.15, 0.2) is 30.5 Å². The van der Waals surface area contributed by atoms with Crippen molar-refractivity contribution in [2.45, 2.75) is 26.7 Å². The maximum Gasteiger partial charge on any atom is 0.227 e. The number of rotatable bonds is 4. The van der Waals surface area contributed by atoms with E-state index in [1.54, 1.807) is 0 Å². The molecule has 0 aliphatic heterocycles. The molecule has 3 heteroatoms. The molecule has 2 rings (SSSR count). The minimum atomic E-state index is 0.101. The number of benzene rings is 1. The van der Waals surface area contributed by atoms with Crippen LogP contribution in [-0.2, 0) is 4.79 Å². The minimum absolute atomic E-state index is 0.101. The van der Waals surface area contributed by atoms with Gasteiger partial charge in [0.05, 0.1) is 5.69 Å². The molecule has 1 amide bonds. The summed E-state index contributed by atoms with van der Waals surface area (Å²) < 4.78 is 0. The molecule has 0 aliphatic rings. The summed E-state index contributed by atoms with van der Waals surface area (Å²) in [5.74, 6) is 0.216. The first-order chi connectivity index (χ1) is 8.26. The van der Waals surface area contributed by atoms with E-state index in [9.17, 15) is 4.79 Å². The van der Waals surface area contributed by atoms with Gasteiger partial charge in [-0.05, 0) is 31.0 Å². The van der Waals surface area contributed by atoms with E-state index in [1.807, 2.05) is 44.3 Å². The number of fused-ring (bicyclic) bond motifs is 1. The third-order valence-corrected chi connectivity index (χ3v) is 3.21. The Morgan fingerprint density at radius 3 is 2.76 bits per heavy atom. The SMILES string of the molecule is CCC(CC)C(=O)Nc1cccc2[nH]ccc12. The standard InChI is InChI=1S/C14H18N2O/c1-3-10(4-2)14(17)16-13-7-5-6-12-11(13)8-9-15-12/h5-10,15H,3-4H2,1-2H3,(H,16,17). The van der Waals surface area contributed by atoms with Gasteiger partial charge in [0.2, 0.25) is 5.91 Å². The van der Waals surface area contributed by atoms with Crippen LogP contribution in [-0.4, -0.2) is 10.9 Å². The second-order valence-electron chi connectivity index (χ2n) is 4.25. The summed E-state index contributed by atoms with van der Waals surface area (Å²) >= 11 is 0. The van der Waals surface area contributed by atoms with E-state index in [4.69, 9.17) is 0 Å². The summed E-state index contributed by atoms with van der Waals surface area (Å²) in [7, 11) is 0. The predicted molar refractivity (Wildman–Crippen MR) is 71.0 cm³/mol. The molecule has 0 saturated carbocycles. The number of aromatic amines is 1. The molecule has 0 saturated heterocycles. The summed E-state index contributed by atoms with van der Waals surface area (Å²) in [6.07, 6.45) is 3.65. The third-order valence-electron chi connectivity index (χ3n) is 3.21. The Bertz CT molecular complexity index is 512. The Morgan fingerprint density at radius 1 is 1.29 bits per heavy atom. The third kappa shape index (κ3) is 2.33. The molecule has 0 aliphatic carbocycles. The number of nitrogens with one attached hydrogen (secondary N) is 2. The van der Waals surface area contributed by atoms with Gasteiger partial charge in [-0.2, -0.15) is 0 Å². The molecular weight excluding hydrogens is 212 g/mol. The second kappa shape index (κ2) is 5.04. The minimum Gasteiger partial charge on any atom is -0.361 e. The van der Waals surface area contributed by atoms with Crippen molar-refractivity contribution >= 4 is 22.5 Å². The molecule has 0 unspecified atom stereocenters. The van der Waals surface area contributed by atoms with Crippen LogP contribution in [0.25, 0.3) is 10.9 Å². The zero-order valence-electron chi connectivity index (χ0n) is 10.3. The van der Waals surface area contributed by atoms with Gasteiger partial charge in [-0.1, -0.05) is 19.9 Å². The van der Waals surface area contributed by atoms with E-state index in [0.717, 1.165) is 29.4 Å². The molecule has 1 aromatic heterocycles. The highest BCUT2D eigenvalue weighted by Gasteiger charge is 2.15. The maximum atomic E-state index is 12.0. The molecule has 17 heavy (non-hydrogen) atoms. The first-order valence-electron chi connectivity index (χ1n) is 6.13. The molecule has 0 atom stereocenters. The molecule has 2 N–H and O–H groups in total. The lowest BCUT2D eigenvalue weighted by atomic mass is 10.0. The van der Waals surface area contributed by atoms with Crippen LogP contribution < -0.4 is 5.32 Å². The van der Waals surface area contributed by atoms with Crippen molar-refractivity contribution in [3.05, 3.63) is 30.5 Å². The molecule has 0 bridgehead atoms. The molecule has 1 aromatic carbocycles. The van der Waals surface area contributed by atoms with Gasteiger partial charge >= 0.3 is 0 Å². The summed E-state index contributed by atoms with van der Waals surface area (Å²) in [4.78, 5) is 15.2. The zero-order chi connectivity index (χ0) is 12.3. The maximum absolute atomic E-state index is 12.0. The van der Waals surface area contributed by atoms with Crippen molar-refractivity contribution in [1.82, 2.24) is 4.98 Å². The van der Waals surface area contributed by atoms with Crippen molar-refractivity contribution in [2.24, 2.45) is 5.92 Å². The van der Waals surface area contributed by atoms with Crippen LogP contribution in [0.3, 0.4) is 0 Å². The van der Waals surface area contributed by atoms with Crippen molar-refractivity contribution < 1.29 is 4.79 Å². The predicted octanol–water partition coefficient (Wildman–Crippen LogP) is 3.54. The monoisotopic (exact) mass is 230 g/mol. The van der Waals surface area contributed by atoms with Crippen LogP contribution in [0.5, 0.6) is 0 Å². The molecule has 90 valence electrons. The van der Waals surface area contributed by atoms with Gasteiger partial charge in [0.1, 0.15) is 0 Å². The average molecular weight is 230 g/mol. The summed E-state index contributed by atoms with van der Waals surface area (Å²) in [6, 6.07) is 7.87. The van der Waals surface area contributed by atoms with Crippen molar-refractivity contribution in [3.63, 3.8) is 0 Å². The largest absolute Gasteiger partial charge is 0.361 e. The van der Waals surface area contributed by atoms with Crippen molar-refractivity contribution in [1.29, 1.82) is 0 Å². The first-order valence-corrected chi connectivity index (χ1v) is 6.13. The number of carbonyl (C=O) groups is 1. The van der Waals surface area contributed by atoms with E-state index < -0.39 is 0 Å². The van der Waals surface area contributed by atoms with Crippen molar-refractivity contribution in [3.8, 4) is 0 Å². The Balaban J connectivity index is 2.23. The van der Waals surface area contributed by atoms with E-state index in [2.05, 4.69) is 10.3 Å². The number of amides is 1. The molecular formula is C14H18N2O.